The van der Waals surface area contributed by atoms with Gasteiger partial charge in [-0.1, -0.05) is 5.57 Å². The number of aliphatic imine (C=N–C) groups is 1. The molecule has 1 atom stereocenters. The Labute approximate surface area is 81.6 Å². The van der Waals surface area contributed by atoms with Gasteiger partial charge >= 0.3 is 0 Å². The van der Waals surface area contributed by atoms with Gasteiger partial charge in [0, 0.05) is 0 Å². The standard InChI is InChI=1S/C10H13NOS/c1-6-4-7(2)10-8(6)5-9(11-10)13(3)12/h4-5H2,1-3H3. The van der Waals surface area contributed by atoms with E-state index in [9.17, 15) is 4.55 Å². The first-order valence-electron chi connectivity index (χ1n) is 4.39. The van der Waals surface area contributed by atoms with Crippen molar-refractivity contribution in [2.24, 2.45) is 4.99 Å². The summed E-state index contributed by atoms with van der Waals surface area (Å²) in [4.78, 5) is 4.42. The fraction of sp³-hybridized carbons (Fsp3) is 0.500. The van der Waals surface area contributed by atoms with Crippen molar-refractivity contribution in [1.82, 2.24) is 0 Å². The van der Waals surface area contributed by atoms with Crippen LogP contribution in [-0.4, -0.2) is 15.9 Å². The lowest BCUT2D eigenvalue weighted by molar-refractivity contribution is 0.611. The van der Waals surface area contributed by atoms with Crippen molar-refractivity contribution in [3.63, 3.8) is 0 Å². The van der Waals surface area contributed by atoms with E-state index in [1.54, 1.807) is 6.26 Å². The van der Waals surface area contributed by atoms with Crippen LogP contribution in [0.15, 0.2) is 27.4 Å². The smallest absolute Gasteiger partial charge is 0.225 e. The summed E-state index contributed by atoms with van der Waals surface area (Å²) in [5.41, 5.74) is 5.16. The molecule has 0 amide bonds. The molecule has 0 spiro atoms. The number of allylic oxidation sites excluding steroid dienone is 3. The third-order valence-electron chi connectivity index (χ3n) is 2.63. The van der Waals surface area contributed by atoms with Crippen LogP contribution in [0.3, 0.4) is 0 Å². The Morgan fingerprint density at radius 2 is 1.92 bits per heavy atom. The molecule has 70 valence electrons. The summed E-state index contributed by atoms with van der Waals surface area (Å²) in [6.45, 7) is 4.25. The predicted molar refractivity (Wildman–Crippen MR) is 56.1 cm³/mol. The number of nitrogens with zero attached hydrogens (tertiary/aromatic N) is 1. The molecule has 1 unspecified atom stereocenters. The average Bonchev–Trinajstić information content (AvgIpc) is 2.55. The molecule has 0 radical (unpaired) electrons. The highest BCUT2D eigenvalue weighted by Gasteiger charge is 2.30. The number of hydrogen-bond acceptors (Lipinski definition) is 2. The van der Waals surface area contributed by atoms with E-state index in [1.807, 2.05) is 0 Å². The van der Waals surface area contributed by atoms with E-state index in [2.05, 4.69) is 18.8 Å². The molecule has 2 nitrogen and oxygen atoms in total. The molecule has 1 aliphatic carbocycles. The molecule has 0 N–H and O–H groups in total. The molecular weight excluding hydrogens is 182 g/mol. The van der Waals surface area contributed by atoms with Crippen LogP contribution in [0.1, 0.15) is 26.7 Å². The maximum Gasteiger partial charge on any atom is 0.225 e. The van der Waals surface area contributed by atoms with Gasteiger partial charge in [0.15, 0.2) is 0 Å². The van der Waals surface area contributed by atoms with E-state index in [1.165, 1.54) is 16.7 Å². The number of fused-ring (bicyclic) bond motifs is 1. The van der Waals surface area contributed by atoms with Crippen LogP contribution in [-0.2, 0) is 11.2 Å². The predicted octanol–water partition coefficient (Wildman–Crippen LogP) is 2.16. The van der Waals surface area contributed by atoms with Gasteiger partial charge in [-0.25, -0.2) is 4.99 Å². The second-order valence-corrected chi connectivity index (χ2v) is 5.08. The third kappa shape index (κ3) is 1.36. The SMILES string of the molecule is CC1=C2CC([S+](C)[O-])=NC2=C(C)C1. The Morgan fingerprint density at radius 3 is 2.46 bits per heavy atom. The van der Waals surface area contributed by atoms with Gasteiger partial charge in [-0.15, -0.1) is 0 Å². The first-order chi connectivity index (χ1) is 6.09. The zero-order valence-corrected chi connectivity index (χ0v) is 8.99. The van der Waals surface area contributed by atoms with Crippen molar-refractivity contribution in [2.45, 2.75) is 26.7 Å². The van der Waals surface area contributed by atoms with Gasteiger partial charge in [0.25, 0.3) is 0 Å². The summed E-state index contributed by atoms with van der Waals surface area (Å²) in [6, 6.07) is 0. The fourth-order valence-electron chi connectivity index (χ4n) is 1.93. The van der Waals surface area contributed by atoms with Crippen molar-refractivity contribution in [2.75, 3.05) is 6.26 Å². The van der Waals surface area contributed by atoms with Crippen molar-refractivity contribution < 1.29 is 4.55 Å². The highest BCUT2D eigenvalue weighted by Crippen LogP contribution is 2.39. The maximum atomic E-state index is 11.2. The summed E-state index contributed by atoms with van der Waals surface area (Å²) < 4.78 is 11.2. The van der Waals surface area contributed by atoms with Crippen molar-refractivity contribution in [3.05, 3.63) is 22.4 Å². The van der Waals surface area contributed by atoms with E-state index in [4.69, 9.17) is 0 Å². The minimum absolute atomic E-state index is 0.807. The van der Waals surface area contributed by atoms with Crippen LogP contribution >= 0.6 is 0 Å². The fourth-order valence-corrected chi connectivity index (χ4v) is 2.49. The molecule has 0 aromatic rings. The average molecular weight is 195 g/mol. The van der Waals surface area contributed by atoms with Gasteiger partial charge in [0.1, 0.15) is 6.26 Å². The normalized spacial score (nSPS) is 23.8. The molecule has 1 aliphatic heterocycles. The lowest BCUT2D eigenvalue weighted by Gasteiger charge is -2.02. The molecule has 3 heteroatoms. The summed E-state index contributed by atoms with van der Waals surface area (Å²) >= 11 is -0.898. The molecule has 2 rings (SSSR count). The molecule has 0 aromatic heterocycles. The second-order valence-electron chi connectivity index (χ2n) is 3.70. The summed E-state index contributed by atoms with van der Waals surface area (Å²) in [5, 5.41) is 0.836. The number of rotatable bonds is 0. The summed E-state index contributed by atoms with van der Waals surface area (Å²) in [6.07, 6.45) is 3.56. The topological polar surface area (TPSA) is 35.4 Å². The minimum Gasteiger partial charge on any atom is -0.611 e. The van der Waals surface area contributed by atoms with Gasteiger partial charge in [-0.2, -0.15) is 0 Å². The quantitative estimate of drug-likeness (QED) is 0.545. The lowest BCUT2D eigenvalue weighted by atomic mass is 10.1. The summed E-state index contributed by atoms with van der Waals surface area (Å²) in [7, 11) is 0. The van der Waals surface area contributed by atoms with E-state index in [-0.39, 0.29) is 0 Å². The van der Waals surface area contributed by atoms with Crippen LogP contribution in [0.25, 0.3) is 0 Å². The van der Waals surface area contributed by atoms with Gasteiger partial charge < -0.3 is 4.55 Å². The molecule has 2 aliphatic rings. The molecule has 0 fully saturated rings. The summed E-state index contributed by atoms with van der Waals surface area (Å²) in [5.74, 6) is 0. The molecule has 0 saturated heterocycles. The van der Waals surface area contributed by atoms with E-state index in [0.29, 0.717) is 0 Å². The Morgan fingerprint density at radius 1 is 1.23 bits per heavy atom. The van der Waals surface area contributed by atoms with Gasteiger partial charge in [-0.05, 0) is 42.6 Å². The monoisotopic (exact) mass is 195 g/mol. The van der Waals surface area contributed by atoms with Crippen molar-refractivity contribution in [3.8, 4) is 0 Å². The minimum atomic E-state index is -0.898. The highest BCUT2D eigenvalue weighted by molar-refractivity contribution is 8.05. The van der Waals surface area contributed by atoms with Crippen LogP contribution < -0.4 is 0 Å². The Kier molecular flexibility index (Phi) is 2.08. The largest absolute Gasteiger partial charge is 0.611 e. The van der Waals surface area contributed by atoms with E-state index < -0.39 is 11.2 Å². The first-order valence-corrected chi connectivity index (χ1v) is 5.95. The van der Waals surface area contributed by atoms with Crippen molar-refractivity contribution in [1.29, 1.82) is 0 Å². The Balaban J connectivity index is 2.38. The van der Waals surface area contributed by atoms with Crippen LogP contribution in [0.5, 0.6) is 0 Å². The van der Waals surface area contributed by atoms with Gasteiger partial charge in [-0.3, -0.25) is 0 Å². The molecular formula is C10H13NOS. The van der Waals surface area contributed by atoms with Gasteiger partial charge in [0.2, 0.25) is 5.04 Å². The molecule has 0 aromatic carbocycles. The van der Waals surface area contributed by atoms with Crippen LogP contribution in [0.4, 0.5) is 0 Å². The maximum absolute atomic E-state index is 11.2. The number of hydrogen-bond donors (Lipinski definition) is 0. The molecule has 1 heterocycles. The van der Waals surface area contributed by atoms with Crippen LogP contribution in [0, 0.1) is 0 Å². The van der Waals surface area contributed by atoms with Gasteiger partial charge in [0.05, 0.1) is 12.1 Å². The zero-order chi connectivity index (χ0) is 9.59. The Bertz CT molecular complexity index is 350. The molecule has 0 bridgehead atoms. The van der Waals surface area contributed by atoms with Crippen LogP contribution in [0.2, 0.25) is 0 Å². The lowest BCUT2D eigenvalue weighted by Crippen LogP contribution is -2.09. The highest BCUT2D eigenvalue weighted by atomic mass is 32.2. The third-order valence-corrected chi connectivity index (χ3v) is 3.53. The second kappa shape index (κ2) is 3.00. The van der Waals surface area contributed by atoms with Crippen molar-refractivity contribution >= 4 is 16.2 Å². The van der Waals surface area contributed by atoms with E-state index >= 15 is 0 Å². The van der Waals surface area contributed by atoms with E-state index in [0.717, 1.165) is 23.6 Å². The Hall–Kier alpha value is -0.540. The molecule has 13 heavy (non-hydrogen) atoms. The zero-order valence-electron chi connectivity index (χ0n) is 8.18. The first kappa shape index (κ1) is 9.03. The molecule has 0 saturated carbocycles.